The number of rotatable bonds is 14. The average molecular weight is 797 g/mol. The summed E-state index contributed by atoms with van der Waals surface area (Å²) in [5.41, 5.74) is 0.662. The molecule has 1 aromatic carbocycles. The summed E-state index contributed by atoms with van der Waals surface area (Å²) in [7, 11) is 0. The Morgan fingerprint density at radius 3 is 2.37 bits per heavy atom. The van der Waals surface area contributed by atoms with Gasteiger partial charge in [0, 0.05) is 62.4 Å². The Morgan fingerprint density at radius 2 is 1.70 bits per heavy atom. The van der Waals surface area contributed by atoms with E-state index in [0.29, 0.717) is 48.5 Å². The van der Waals surface area contributed by atoms with Gasteiger partial charge < -0.3 is 34.1 Å². The van der Waals surface area contributed by atoms with E-state index in [4.69, 9.17) is 51.9 Å². The van der Waals surface area contributed by atoms with Crippen molar-refractivity contribution >= 4 is 41.0 Å². The minimum atomic E-state index is -0.892. The van der Waals surface area contributed by atoms with Crippen LogP contribution in [0.2, 0.25) is 0 Å². The Hall–Kier alpha value is -1.86. The lowest BCUT2D eigenvalue weighted by atomic mass is 9.57. The van der Waals surface area contributed by atoms with Crippen LogP contribution in [0, 0.1) is 23.7 Å². The number of nitrogens with zero attached hydrogens (tertiary/aromatic N) is 2. The molecule has 1 saturated carbocycles. The topological polar surface area (TPSA) is 108 Å². The fourth-order valence-corrected chi connectivity index (χ4v) is 10.0. The van der Waals surface area contributed by atoms with Crippen LogP contribution in [0.4, 0.5) is 10.5 Å². The van der Waals surface area contributed by atoms with Crippen molar-refractivity contribution in [3.63, 3.8) is 0 Å². The largest absolute Gasteiger partial charge is 0.461 e. The lowest BCUT2D eigenvalue weighted by molar-refractivity contribution is -0.571. The standard InChI is InChI=1S/C41H63Cl2N3O8/c1-27-9-14-33-28(2)35(50-37-41(33)32(27)15-18-40(6,51-37)53-54-41)8-7-21-45-22-16-31(17-23-45)49-36(47)34(44-38(48)52-39(3,4)5)26-29-10-12-30(13-11-29)46(24-19-42)25-20-43/h10-13,27-28,31-35,37H,7-9,14-26H2,1-6H3,(H,44,48)/t27-,28-,32+,33+,34+,35-,37-,40-,41-/m1/s1. The molecule has 9 atom stereocenters. The summed E-state index contributed by atoms with van der Waals surface area (Å²) in [6, 6.07) is 7.00. The second-order valence-corrected chi connectivity index (χ2v) is 18.3. The van der Waals surface area contributed by atoms with Crippen LogP contribution < -0.4 is 10.2 Å². The second-order valence-electron chi connectivity index (χ2n) is 17.5. The van der Waals surface area contributed by atoms with Crippen LogP contribution in [-0.2, 0) is 39.9 Å². The maximum atomic E-state index is 13.6. The molecule has 1 amide bonds. The summed E-state index contributed by atoms with van der Waals surface area (Å²) in [6.45, 7) is 16.0. The Morgan fingerprint density at radius 1 is 1.00 bits per heavy atom. The van der Waals surface area contributed by atoms with Crippen molar-refractivity contribution in [2.24, 2.45) is 23.7 Å². The van der Waals surface area contributed by atoms with Crippen LogP contribution in [0.25, 0.3) is 0 Å². The molecule has 0 aromatic heterocycles. The van der Waals surface area contributed by atoms with Gasteiger partial charge in [-0.25, -0.2) is 19.4 Å². The van der Waals surface area contributed by atoms with Crippen LogP contribution in [0.3, 0.4) is 0 Å². The molecule has 0 unspecified atom stereocenters. The zero-order chi connectivity index (χ0) is 38.7. The van der Waals surface area contributed by atoms with Crippen LogP contribution in [0.1, 0.15) is 98.5 Å². The van der Waals surface area contributed by atoms with Crippen molar-refractivity contribution in [1.82, 2.24) is 10.2 Å². The molecule has 1 aliphatic carbocycles. The van der Waals surface area contributed by atoms with Gasteiger partial charge in [-0.1, -0.05) is 26.0 Å². The van der Waals surface area contributed by atoms with E-state index in [0.717, 1.165) is 75.8 Å². The first-order valence-electron chi connectivity index (χ1n) is 20.3. The molecular formula is C41H63Cl2N3O8. The zero-order valence-electron chi connectivity index (χ0n) is 33.2. The highest BCUT2D eigenvalue weighted by atomic mass is 35.5. The molecule has 5 saturated heterocycles. The van der Waals surface area contributed by atoms with E-state index in [9.17, 15) is 9.59 Å². The van der Waals surface area contributed by atoms with Crippen LogP contribution >= 0.6 is 23.2 Å². The smallest absolute Gasteiger partial charge is 0.408 e. The van der Waals surface area contributed by atoms with E-state index < -0.39 is 41.4 Å². The molecule has 5 heterocycles. The second kappa shape index (κ2) is 17.7. The van der Waals surface area contributed by atoms with Crippen molar-refractivity contribution in [3.8, 4) is 0 Å². The highest BCUT2D eigenvalue weighted by molar-refractivity contribution is 6.18. The molecule has 6 fully saturated rings. The first-order chi connectivity index (χ1) is 25.7. The monoisotopic (exact) mass is 795 g/mol. The number of likely N-dealkylation sites (tertiary alicyclic amines) is 1. The van der Waals surface area contributed by atoms with Crippen molar-refractivity contribution in [1.29, 1.82) is 0 Å². The van der Waals surface area contributed by atoms with Crippen molar-refractivity contribution in [2.75, 3.05) is 49.4 Å². The van der Waals surface area contributed by atoms with E-state index in [-0.39, 0.29) is 18.6 Å². The maximum absolute atomic E-state index is 13.6. The van der Waals surface area contributed by atoms with Gasteiger partial charge >= 0.3 is 12.1 Å². The number of benzene rings is 1. The summed E-state index contributed by atoms with van der Waals surface area (Å²) in [6.07, 6.45) is 6.72. The van der Waals surface area contributed by atoms with Gasteiger partial charge in [0.25, 0.3) is 0 Å². The minimum absolute atomic E-state index is 0.102. The molecule has 0 radical (unpaired) electrons. The van der Waals surface area contributed by atoms with Gasteiger partial charge in [0.15, 0.2) is 11.9 Å². The number of halogens is 2. The first kappa shape index (κ1) is 41.8. The molecule has 5 aliphatic heterocycles. The number of hydrogen-bond donors (Lipinski definition) is 1. The summed E-state index contributed by atoms with van der Waals surface area (Å²) >= 11 is 12.0. The Bertz CT molecular complexity index is 1400. The van der Waals surface area contributed by atoms with E-state index in [1.54, 1.807) is 20.8 Å². The lowest BCUT2D eigenvalue weighted by Crippen LogP contribution is -2.70. The molecule has 304 valence electrons. The first-order valence-corrected chi connectivity index (χ1v) is 21.4. The Balaban J connectivity index is 0.996. The van der Waals surface area contributed by atoms with Gasteiger partial charge in [-0.3, -0.25) is 0 Å². The number of esters is 1. The molecule has 54 heavy (non-hydrogen) atoms. The third-order valence-corrected chi connectivity index (χ3v) is 12.8. The number of alkyl carbamates (subject to hydrolysis) is 1. The molecule has 1 spiro atoms. The summed E-state index contributed by atoms with van der Waals surface area (Å²) in [5, 5.41) is 2.78. The van der Waals surface area contributed by atoms with E-state index in [1.807, 2.05) is 31.2 Å². The summed E-state index contributed by atoms with van der Waals surface area (Å²) in [4.78, 5) is 43.3. The van der Waals surface area contributed by atoms with Gasteiger partial charge in [-0.2, -0.15) is 0 Å². The number of hydrogen-bond acceptors (Lipinski definition) is 10. The number of piperidine rings is 1. The van der Waals surface area contributed by atoms with Crippen LogP contribution in [0.15, 0.2) is 24.3 Å². The highest BCUT2D eigenvalue weighted by Crippen LogP contribution is 2.60. The molecule has 6 aliphatic rings. The van der Waals surface area contributed by atoms with Crippen molar-refractivity contribution in [3.05, 3.63) is 29.8 Å². The SMILES string of the molecule is C[C@H]1[C@@H](CCCN2CCC(OC(=O)[C@H](Cc3ccc(N(CCCl)CCCl)cc3)NC(=O)OC(C)(C)C)CC2)O[C@@H]2O[C@@]3(C)CC[C@H]4[C@H](C)CC[C@@H]1[C@@]24OO3. The maximum Gasteiger partial charge on any atom is 0.408 e. The van der Waals surface area contributed by atoms with Gasteiger partial charge in [0.2, 0.25) is 5.79 Å². The molecule has 1 N–H and O–H groups in total. The zero-order valence-corrected chi connectivity index (χ0v) is 34.7. The number of carbonyl (C=O) groups excluding carboxylic acids is 2. The lowest BCUT2D eigenvalue weighted by Gasteiger charge is -2.60. The quantitative estimate of drug-likeness (QED) is 0.116. The van der Waals surface area contributed by atoms with Crippen molar-refractivity contribution < 1.29 is 38.3 Å². The number of ether oxygens (including phenoxy) is 4. The number of anilines is 1. The minimum Gasteiger partial charge on any atom is -0.461 e. The number of carbonyl (C=O) groups is 2. The van der Waals surface area contributed by atoms with E-state index >= 15 is 0 Å². The normalized spacial score (nSPS) is 33.3. The third-order valence-electron chi connectivity index (χ3n) is 12.5. The van der Waals surface area contributed by atoms with Crippen LogP contribution in [-0.4, -0.2) is 103 Å². The molecule has 11 nitrogen and oxygen atoms in total. The van der Waals surface area contributed by atoms with Gasteiger partial charge in [-0.15, -0.1) is 23.2 Å². The van der Waals surface area contributed by atoms with Gasteiger partial charge in [-0.05, 0) is 115 Å². The number of nitrogens with one attached hydrogen (secondary N) is 1. The van der Waals surface area contributed by atoms with E-state index in [2.05, 4.69) is 29.0 Å². The summed E-state index contributed by atoms with van der Waals surface area (Å²) in [5.74, 6) is 1.38. The number of amides is 1. The van der Waals surface area contributed by atoms with Crippen molar-refractivity contribution in [2.45, 2.75) is 141 Å². The molecule has 1 aromatic rings. The van der Waals surface area contributed by atoms with Crippen LogP contribution in [0.5, 0.6) is 0 Å². The van der Waals surface area contributed by atoms with Gasteiger partial charge in [0.1, 0.15) is 17.7 Å². The molecule has 13 heteroatoms. The fourth-order valence-electron chi connectivity index (χ4n) is 9.62. The molecule has 7 rings (SSSR count). The Kier molecular flexibility index (Phi) is 13.7. The predicted octanol–water partition coefficient (Wildman–Crippen LogP) is 7.44. The Labute approximate surface area is 332 Å². The van der Waals surface area contributed by atoms with E-state index in [1.165, 1.54) is 6.42 Å². The number of alkyl halides is 2. The third kappa shape index (κ3) is 9.63. The number of fused-ring (bicyclic) bond motifs is 2. The molecular weight excluding hydrogens is 733 g/mol. The predicted molar refractivity (Wildman–Crippen MR) is 209 cm³/mol. The van der Waals surface area contributed by atoms with Gasteiger partial charge in [0.05, 0.1) is 6.10 Å². The fraction of sp³-hybridized carbons (Fsp3) is 0.805. The summed E-state index contributed by atoms with van der Waals surface area (Å²) < 4.78 is 24.9. The average Bonchev–Trinajstić information content (AvgIpc) is 3.35. The molecule has 2 bridgehead atoms. The highest BCUT2D eigenvalue weighted by Gasteiger charge is 2.69.